The van der Waals surface area contributed by atoms with Gasteiger partial charge in [-0.05, 0) is 95.6 Å². The van der Waals surface area contributed by atoms with E-state index >= 15 is 0 Å². The number of hydrogen-bond donors (Lipinski definition) is 2. The number of aryl methyl sites for hydroxylation is 1. The van der Waals surface area contributed by atoms with Crippen molar-refractivity contribution in [2.24, 2.45) is 0 Å². The predicted octanol–water partition coefficient (Wildman–Crippen LogP) is 5.13. The van der Waals surface area contributed by atoms with Crippen LogP contribution in [0.5, 0.6) is 11.6 Å². The molecule has 3 aromatic rings. The molecule has 0 amide bonds. The van der Waals surface area contributed by atoms with Crippen molar-refractivity contribution in [3.05, 3.63) is 64.0 Å². The highest BCUT2D eigenvalue weighted by Crippen LogP contribution is 2.35. The molecule has 15 heteroatoms. The molecule has 0 radical (unpaired) electrons. The van der Waals surface area contributed by atoms with E-state index in [1.54, 1.807) is 24.3 Å². The van der Waals surface area contributed by atoms with E-state index in [2.05, 4.69) is 37.8 Å². The highest BCUT2D eigenvalue weighted by molar-refractivity contribution is 6.99. The number of morpholine rings is 1. The Morgan fingerprint density at radius 1 is 1.09 bits per heavy atom. The highest BCUT2D eigenvalue weighted by atomic mass is 32.1. The van der Waals surface area contributed by atoms with Gasteiger partial charge in [-0.15, -0.1) is 4.37 Å². The van der Waals surface area contributed by atoms with Gasteiger partial charge in [0.25, 0.3) is 5.88 Å². The Morgan fingerprint density at radius 2 is 1.82 bits per heavy atom. The van der Waals surface area contributed by atoms with Crippen molar-refractivity contribution in [3.63, 3.8) is 0 Å². The van der Waals surface area contributed by atoms with Gasteiger partial charge in [0.15, 0.2) is 11.6 Å². The van der Waals surface area contributed by atoms with Crippen molar-refractivity contribution < 1.29 is 38.1 Å². The Balaban J connectivity index is 1.21. The number of nitrogens with zero attached hydrogens (tertiary/aromatic N) is 4. The van der Waals surface area contributed by atoms with Gasteiger partial charge in [0.1, 0.15) is 18.5 Å². The number of H-pyrrole nitrogens is 1. The lowest BCUT2D eigenvalue weighted by Gasteiger charge is -2.27. The third-order valence-corrected chi connectivity index (χ3v) is 10.2. The zero-order valence-electron chi connectivity index (χ0n) is 33.5. The number of aromatic amines is 1. The molecule has 2 aromatic heterocycles. The number of ether oxygens (including phenoxy) is 4. The molecule has 0 unspecified atom stereocenters. The first-order valence-electron chi connectivity index (χ1n) is 19.2. The summed E-state index contributed by atoms with van der Waals surface area (Å²) >= 11 is 1.04. The molecule has 2 N–H and O–H groups in total. The Labute approximate surface area is 332 Å². The van der Waals surface area contributed by atoms with Crippen LogP contribution in [0.2, 0.25) is 0 Å². The van der Waals surface area contributed by atoms with Gasteiger partial charge in [0.2, 0.25) is 5.82 Å². The lowest BCUT2D eigenvalue weighted by Crippen LogP contribution is -2.44. The molecule has 1 aromatic carbocycles. The number of ketones is 2. The summed E-state index contributed by atoms with van der Waals surface area (Å²) in [4.78, 5) is 59.8. The molecule has 14 nitrogen and oxygen atoms in total. The number of allylic oxidation sites excluding steroid dienone is 1. The molecule has 1 fully saturated rings. The highest BCUT2D eigenvalue weighted by Gasteiger charge is 2.27. The van der Waals surface area contributed by atoms with Gasteiger partial charge in [-0.2, -0.15) is 4.37 Å². The molecule has 56 heavy (non-hydrogen) atoms. The zero-order chi connectivity index (χ0) is 40.4. The summed E-state index contributed by atoms with van der Waals surface area (Å²) in [7, 11) is 0. The van der Waals surface area contributed by atoms with Crippen LogP contribution >= 0.6 is 11.7 Å². The summed E-state index contributed by atoms with van der Waals surface area (Å²) in [5.74, 6) is -0.344. The van der Waals surface area contributed by atoms with E-state index in [1.165, 1.54) is 0 Å². The van der Waals surface area contributed by atoms with Gasteiger partial charge < -0.3 is 39.0 Å². The molecule has 302 valence electrons. The number of rotatable bonds is 18. The minimum Gasteiger partial charge on any atom is -0.470 e. The van der Waals surface area contributed by atoms with Crippen molar-refractivity contribution in [1.29, 1.82) is 0 Å². The Morgan fingerprint density at radius 3 is 2.54 bits per heavy atom. The van der Waals surface area contributed by atoms with Crippen LogP contribution in [0.3, 0.4) is 0 Å². The van der Waals surface area contributed by atoms with E-state index in [0.717, 1.165) is 66.8 Å². The molecule has 2 aliphatic rings. The molecular weight excluding hydrogens is 737 g/mol. The maximum atomic E-state index is 13.2. The van der Waals surface area contributed by atoms with Gasteiger partial charge in [0.05, 0.1) is 24.9 Å². The second-order valence-corrected chi connectivity index (χ2v) is 15.5. The third kappa shape index (κ3) is 11.4. The van der Waals surface area contributed by atoms with Gasteiger partial charge in [-0.1, -0.05) is 19.9 Å². The summed E-state index contributed by atoms with van der Waals surface area (Å²) in [6.07, 6.45) is 4.50. The van der Waals surface area contributed by atoms with Crippen LogP contribution in [0.4, 0.5) is 5.82 Å². The number of benzene rings is 1. The summed E-state index contributed by atoms with van der Waals surface area (Å²) in [6, 6.07) is 5.01. The van der Waals surface area contributed by atoms with Crippen LogP contribution in [-0.4, -0.2) is 113 Å². The first-order valence-corrected chi connectivity index (χ1v) is 20.0. The molecule has 1 aliphatic heterocycles. The van der Waals surface area contributed by atoms with E-state index in [9.17, 15) is 19.2 Å². The fraction of sp³-hybridized carbons (Fsp3) is 0.512. The average Bonchev–Trinajstić information content (AvgIpc) is 3.84. The molecule has 3 heterocycles. The smallest absolute Gasteiger partial charge is 0.336 e. The van der Waals surface area contributed by atoms with Crippen LogP contribution in [0.1, 0.15) is 85.9 Å². The number of anilines is 1. The van der Waals surface area contributed by atoms with Gasteiger partial charge in [-0.25, -0.2) is 9.59 Å². The van der Waals surface area contributed by atoms with E-state index in [-0.39, 0.29) is 42.4 Å². The summed E-state index contributed by atoms with van der Waals surface area (Å²) in [5.41, 5.74) is 4.56. The predicted molar refractivity (Wildman–Crippen MR) is 215 cm³/mol. The third-order valence-electron chi connectivity index (χ3n) is 9.71. The average molecular weight is 791 g/mol. The van der Waals surface area contributed by atoms with Crippen LogP contribution in [-0.2, 0) is 30.3 Å². The number of carbonyl (C=O) groups excluding carboxylic acids is 4. The molecule has 0 spiro atoms. The molecule has 1 aliphatic carbocycles. The Bertz CT molecular complexity index is 1930. The molecule has 5 rings (SSSR count). The summed E-state index contributed by atoms with van der Waals surface area (Å²) in [6.45, 7) is 19.5. The summed E-state index contributed by atoms with van der Waals surface area (Å²) in [5, 5.41) is 3.32. The fourth-order valence-electron chi connectivity index (χ4n) is 6.66. The first-order chi connectivity index (χ1) is 26.8. The van der Waals surface area contributed by atoms with Crippen molar-refractivity contribution in [3.8, 4) is 11.6 Å². The van der Waals surface area contributed by atoms with E-state index in [4.69, 9.17) is 18.9 Å². The normalized spacial score (nSPS) is 15.8. The quantitative estimate of drug-likeness (QED) is 0.0755. The van der Waals surface area contributed by atoms with E-state index in [1.807, 2.05) is 39.5 Å². The number of carbonyl (C=O) groups is 4. The van der Waals surface area contributed by atoms with Crippen molar-refractivity contribution in [2.75, 3.05) is 64.0 Å². The zero-order valence-corrected chi connectivity index (χ0v) is 34.3. The molecule has 1 atom stereocenters. The van der Waals surface area contributed by atoms with E-state index < -0.39 is 18.0 Å². The molecular formula is C41H54N6O8S. The van der Waals surface area contributed by atoms with Crippen molar-refractivity contribution in [2.45, 2.75) is 79.4 Å². The number of aromatic nitrogens is 3. The molecule has 0 bridgehead atoms. The number of Topliss-reactive ketones (excluding diaryl/α,β-unsaturated/α-hetero) is 2. The van der Waals surface area contributed by atoms with Crippen LogP contribution < -0.4 is 19.7 Å². The van der Waals surface area contributed by atoms with Crippen LogP contribution in [0.15, 0.2) is 30.4 Å². The lowest BCUT2D eigenvalue weighted by molar-refractivity contribution is -0.144. The molecule has 0 saturated carbocycles. The van der Waals surface area contributed by atoms with Gasteiger partial charge in [-0.3, -0.25) is 9.59 Å². The second-order valence-electron chi connectivity index (χ2n) is 14.9. The van der Waals surface area contributed by atoms with Crippen molar-refractivity contribution >= 4 is 52.7 Å². The standard InChI is InChI=1S/C41H54N6O8S/c1-8-46(9-2)16-10-11-34(48)38-26(3)33(43-27(38)4)23-32-31-22-29(13-12-28(31)21-35(32)49)54-36(50)14-15-37(51)55-30(24-42-41(5,6)7)25-53-40-39(44-56-45-40)47-17-19-52-20-18-47/h12-15,22-23,30,42-43H,8-11,16-21,24-25H2,1-7H3/b15-14-,32-23?/t30-/m0/s1. The monoisotopic (exact) mass is 790 g/mol. The first kappa shape index (κ1) is 42.4. The largest absolute Gasteiger partial charge is 0.470 e. The maximum Gasteiger partial charge on any atom is 0.336 e. The SMILES string of the molecule is CCN(CC)CCCC(=O)c1c(C)[nH]c(C=C2C(=O)Cc3ccc(OC(=O)/C=C\C(=O)O[C@@H](CNC(C)(C)C)COc4nsnc4N4CCOCC4)cc32)c1C. The number of esters is 2. The van der Waals surface area contributed by atoms with Crippen molar-refractivity contribution in [1.82, 2.24) is 23.9 Å². The van der Waals surface area contributed by atoms with E-state index in [0.29, 0.717) is 66.8 Å². The maximum absolute atomic E-state index is 13.2. The van der Waals surface area contributed by atoms with Gasteiger partial charge in [0, 0.05) is 72.7 Å². The lowest BCUT2D eigenvalue weighted by atomic mass is 10.00. The number of hydrogen-bond acceptors (Lipinski definition) is 14. The Hall–Kier alpha value is -4.70. The topological polar surface area (TPSA) is 165 Å². The summed E-state index contributed by atoms with van der Waals surface area (Å²) < 4.78 is 31.3. The second kappa shape index (κ2) is 19.4. The van der Waals surface area contributed by atoms with Crippen LogP contribution in [0, 0.1) is 13.8 Å². The number of fused-ring (bicyclic) bond motifs is 1. The van der Waals surface area contributed by atoms with Crippen LogP contribution in [0.25, 0.3) is 11.6 Å². The Kier molecular flexibility index (Phi) is 14.7. The molecule has 1 saturated heterocycles. The number of nitrogens with one attached hydrogen (secondary N) is 2. The minimum absolute atomic E-state index is 0.00963. The fourth-order valence-corrected chi connectivity index (χ4v) is 7.18. The minimum atomic E-state index is -0.791. The van der Waals surface area contributed by atoms with Gasteiger partial charge >= 0.3 is 11.9 Å².